The molecule has 37 heavy (non-hydrogen) atoms. The molecule has 218 valence electrons. The second-order valence-electron chi connectivity index (χ2n) is 12.6. The largest absolute Gasteiger partial charge is 0.481 e. The van der Waals surface area contributed by atoms with E-state index in [9.17, 15) is 34.8 Å². The summed E-state index contributed by atoms with van der Waals surface area (Å²) in [6, 6.07) is 0. The van der Waals surface area contributed by atoms with Crippen molar-refractivity contribution in [3.05, 3.63) is 0 Å². The van der Waals surface area contributed by atoms with Gasteiger partial charge in [-0.3, -0.25) is 9.59 Å². The maximum atomic E-state index is 13.8. The minimum atomic E-state index is -3.06. The zero-order valence-corrected chi connectivity index (χ0v) is 25.4. The van der Waals surface area contributed by atoms with E-state index in [-0.39, 0.29) is 35.5 Å². The van der Waals surface area contributed by atoms with E-state index < -0.39 is 52.6 Å². The maximum Gasteiger partial charge on any atom is 0.337 e. The van der Waals surface area contributed by atoms with Gasteiger partial charge in [0.25, 0.3) is 0 Å². The quantitative estimate of drug-likeness (QED) is 0.169. The summed E-state index contributed by atoms with van der Waals surface area (Å²) in [6.07, 6.45) is 1.70. The van der Waals surface area contributed by atoms with Crippen LogP contribution in [-0.2, 0) is 14.4 Å². The summed E-state index contributed by atoms with van der Waals surface area (Å²) in [6.45, 7) is 22.4. The van der Waals surface area contributed by atoms with Crippen LogP contribution >= 0.6 is 0 Å². The molecule has 0 bridgehead atoms. The average molecular weight is 529 g/mol. The Bertz CT molecular complexity index is 737. The molecule has 0 radical (unpaired) electrons. The molecule has 0 aliphatic heterocycles. The van der Waals surface area contributed by atoms with Crippen molar-refractivity contribution < 1.29 is 34.8 Å². The molecule has 0 amide bonds. The van der Waals surface area contributed by atoms with E-state index in [1.165, 1.54) is 0 Å². The Morgan fingerprint density at radius 3 is 1.14 bits per heavy atom. The highest BCUT2D eigenvalue weighted by atomic mass is 16.4. The molecule has 0 aromatic rings. The smallest absolute Gasteiger partial charge is 0.337 e. The Morgan fingerprint density at radius 1 is 0.595 bits per heavy atom. The van der Waals surface area contributed by atoms with E-state index in [1.54, 1.807) is 0 Å². The summed E-state index contributed by atoms with van der Waals surface area (Å²) in [5, 5.41) is 45.6. The van der Waals surface area contributed by atoms with Crippen LogP contribution in [0, 0.1) is 64.6 Å². The second kappa shape index (κ2) is 14.0. The third kappa shape index (κ3) is 6.34. The van der Waals surface area contributed by atoms with Crippen molar-refractivity contribution in [3.8, 4) is 0 Å². The number of aliphatic hydroxyl groups is 1. The van der Waals surface area contributed by atoms with Crippen LogP contribution in [0.1, 0.15) is 102 Å². The van der Waals surface area contributed by atoms with Crippen LogP contribution in [0.15, 0.2) is 0 Å². The van der Waals surface area contributed by atoms with E-state index in [2.05, 4.69) is 0 Å². The highest BCUT2D eigenvalue weighted by molar-refractivity contribution is 5.94. The molecule has 8 unspecified atom stereocenters. The number of hydrogen-bond donors (Lipinski definition) is 4. The van der Waals surface area contributed by atoms with Gasteiger partial charge in [-0.25, -0.2) is 4.79 Å². The van der Waals surface area contributed by atoms with Crippen LogP contribution in [0.2, 0.25) is 0 Å². The molecule has 0 rings (SSSR count). The molecule has 0 heterocycles. The van der Waals surface area contributed by atoms with Crippen molar-refractivity contribution in [1.29, 1.82) is 0 Å². The Labute approximate surface area is 225 Å². The van der Waals surface area contributed by atoms with Gasteiger partial charge in [0.05, 0.1) is 0 Å². The maximum absolute atomic E-state index is 13.8. The molecular formula is C30H56O7. The van der Waals surface area contributed by atoms with E-state index >= 15 is 0 Å². The van der Waals surface area contributed by atoms with Crippen molar-refractivity contribution in [2.24, 2.45) is 64.6 Å². The Balaban J connectivity index is 8.45. The zero-order valence-electron chi connectivity index (χ0n) is 25.4. The monoisotopic (exact) mass is 528 g/mol. The average Bonchev–Trinajstić information content (AvgIpc) is 2.78. The molecule has 0 saturated heterocycles. The molecule has 0 aromatic heterocycles. The number of carboxylic acids is 3. The van der Waals surface area contributed by atoms with Crippen molar-refractivity contribution >= 4 is 17.9 Å². The summed E-state index contributed by atoms with van der Waals surface area (Å²) >= 11 is 0. The van der Waals surface area contributed by atoms with Gasteiger partial charge >= 0.3 is 17.9 Å². The molecule has 7 nitrogen and oxygen atoms in total. The topological polar surface area (TPSA) is 132 Å². The van der Waals surface area contributed by atoms with Crippen LogP contribution in [-0.4, -0.2) is 43.9 Å². The van der Waals surface area contributed by atoms with E-state index in [0.29, 0.717) is 19.3 Å². The summed E-state index contributed by atoms with van der Waals surface area (Å²) in [7, 11) is 0. The van der Waals surface area contributed by atoms with Gasteiger partial charge in [-0.15, -0.1) is 0 Å². The first-order chi connectivity index (χ1) is 16.9. The fraction of sp³-hybridized carbons (Fsp3) is 0.900. The van der Waals surface area contributed by atoms with Crippen LogP contribution in [0.25, 0.3) is 0 Å². The number of aliphatic carboxylic acids is 3. The molecule has 0 aromatic carbocycles. The molecule has 0 aliphatic rings. The first kappa shape index (κ1) is 35.4. The van der Waals surface area contributed by atoms with Crippen molar-refractivity contribution in [1.82, 2.24) is 0 Å². The molecule has 0 aliphatic carbocycles. The lowest BCUT2D eigenvalue weighted by molar-refractivity contribution is -0.244. The third-order valence-electron chi connectivity index (χ3n) is 9.48. The molecule has 0 fully saturated rings. The van der Waals surface area contributed by atoms with Gasteiger partial charge in [-0.05, 0) is 53.3 Å². The minimum Gasteiger partial charge on any atom is -0.481 e. The third-order valence-corrected chi connectivity index (χ3v) is 9.48. The van der Waals surface area contributed by atoms with Gasteiger partial charge in [0.1, 0.15) is 11.3 Å². The van der Waals surface area contributed by atoms with Crippen LogP contribution in [0.5, 0.6) is 0 Å². The van der Waals surface area contributed by atoms with E-state index in [0.717, 1.165) is 0 Å². The van der Waals surface area contributed by atoms with Crippen molar-refractivity contribution in [3.63, 3.8) is 0 Å². The van der Waals surface area contributed by atoms with Gasteiger partial charge in [-0.1, -0.05) is 102 Å². The zero-order chi connectivity index (χ0) is 29.6. The number of carboxylic acid groups (broad SMARTS) is 3. The van der Waals surface area contributed by atoms with E-state index in [4.69, 9.17) is 0 Å². The van der Waals surface area contributed by atoms with Crippen molar-refractivity contribution in [2.75, 3.05) is 0 Å². The Morgan fingerprint density at radius 2 is 0.946 bits per heavy atom. The second-order valence-corrected chi connectivity index (χ2v) is 12.6. The Kier molecular flexibility index (Phi) is 13.3. The molecule has 4 N–H and O–H groups in total. The fourth-order valence-corrected chi connectivity index (χ4v) is 7.78. The number of hydrogen-bond acceptors (Lipinski definition) is 4. The summed E-state index contributed by atoms with van der Waals surface area (Å²) in [4.78, 5) is 40.4. The standard InChI is InChI=1S/C30H56O7/c1-13-19(10)22(16(4)5)25(26(31)32)30(37,28(35)36)29(27(33)34,23(17(6)7)20(11)14-2)24(18(8)9)21(12)15-3/h16-25,37H,13-15H2,1-12H3,(H,31,32)(H,33,34)(H,35,36). The molecule has 8 atom stereocenters. The summed E-state index contributed by atoms with van der Waals surface area (Å²) in [5.41, 5.74) is -5.31. The predicted molar refractivity (Wildman–Crippen MR) is 147 cm³/mol. The Hall–Kier alpha value is -1.63. The predicted octanol–water partition coefficient (Wildman–Crippen LogP) is 6.53. The molecule has 0 saturated carbocycles. The first-order valence-electron chi connectivity index (χ1n) is 14.3. The number of rotatable bonds is 17. The van der Waals surface area contributed by atoms with Gasteiger partial charge in [0.15, 0.2) is 5.60 Å². The summed E-state index contributed by atoms with van der Waals surface area (Å²) in [5.74, 6) is -10.5. The van der Waals surface area contributed by atoms with Gasteiger partial charge in [0.2, 0.25) is 0 Å². The normalized spacial score (nSPS) is 21.4. The van der Waals surface area contributed by atoms with Crippen LogP contribution in [0.3, 0.4) is 0 Å². The summed E-state index contributed by atoms with van der Waals surface area (Å²) < 4.78 is 0. The highest BCUT2D eigenvalue weighted by Gasteiger charge is 2.74. The minimum absolute atomic E-state index is 0.249. The number of carbonyl (C=O) groups is 3. The van der Waals surface area contributed by atoms with E-state index in [1.807, 2.05) is 83.1 Å². The van der Waals surface area contributed by atoms with Gasteiger partial charge in [-0.2, -0.15) is 0 Å². The first-order valence-corrected chi connectivity index (χ1v) is 14.3. The van der Waals surface area contributed by atoms with Crippen LogP contribution in [0.4, 0.5) is 0 Å². The van der Waals surface area contributed by atoms with Gasteiger partial charge in [0, 0.05) is 0 Å². The van der Waals surface area contributed by atoms with Crippen LogP contribution < -0.4 is 0 Å². The fourth-order valence-electron chi connectivity index (χ4n) is 7.78. The van der Waals surface area contributed by atoms with Gasteiger partial charge < -0.3 is 20.4 Å². The molecule has 0 spiro atoms. The molecule has 7 heteroatoms. The lowest BCUT2D eigenvalue weighted by Gasteiger charge is -2.58. The SMILES string of the molecule is CCC(C)C(C(C)C)C(C(=O)O)C(O)(C(=O)O)C(C(=O)O)(C(C(C)C)C(C)CC)C(C(C)C)C(C)CC. The highest BCUT2D eigenvalue weighted by Crippen LogP contribution is 2.60. The lowest BCUT2D eigenvalue weighted by Crippen LogP contribution is -2.73. The van der Waals surface area contributed by atoms with Crippen molar-refractivity contribution in [2.45, 2.75) is 108 Å². The lowest BCUT2D eigenvalue weighted by atomic mass is 9.44. The molecular weight excluding hydrogens is 472 g/mol.